The van der Waals surface area contributed by atoms with E-state index in [1.54, 1.807) is 32.2 Å². The number of carbonyl (C=O) groups is 2. The molecule has 0 aliphatic rings. The van der Waals surface area contributed by atoms with Gasteiger partial charge >= 0.3 is 5.97 Å². The van der Waals surface area contributed by atoms with E-state index in [-0.39, 0.29) is 24.2 Å². The monoisotopic (exact) mass is 440 g/mol. The third-order valence-corrected chi connectivity index (χ3v) is 5.12. The number of rotatable bonds is 8. The molecule has 6 nitrogen and oxygen atoms in total. The molecule has 0 saturated heterocycles. The predicted molar refractivity (Wildman–Crippen MR) is 105 cm³/mol. The number of benzene rings is 1. The number of anilines is 1. The van der Waals surface area contributed by atoms with E-state index in [2.05, 4.69) is 26.2 Å². The molecule has 0 bridgehead atoms. The Labute approximate surface area is 165 Å². The summed E-state index contributed by atoms with van der Waals surface area (Å²) in [5, 5.41) is 3.49. The van der Waals surface area contributed by atoms with Gasteiger partial charge in [-0.3, -0.25) is 4.79 Å². The molecule has 0 fully saturated rings. The highest BCUT2D eigenvalue weighted by Gasteiger charge is 2.18. The Hall–Kier alpha value is -1.93. The van der Waals surface area contributed by atoms with Crippen LogP contribution in [0, 0.1) is 12.8 Å². The molecule has 2 aromatic rings. The Morgan fingerprint density at radius 1 is 1.35 bits per heavy atom. The van der Waals surface area contributed by atoms with E-state index in [1.807, 2.05) is 13.8 Å². The number of hydrogen-bond acceptors (Lipinski definition) is 7. The summed E-state index contributed by atoms with van der Waals surface area (Å²) >= 11 is 4.55. The molecule has 0 unspecified atom stereocenters. The summed E-state index contributed by atoms with van der Waals surface area (Å²) in [7, 11) is 1.57. The number of hydrogen-bond donors (Lipinski definition) is 1. The molecule has 8 heteroatoms. The molecule has 1 aromatic heterocycles. The molecule has 0 radical (unpaired) electrons. The predicted octanol–water partition coefficient (Wildman–Crippen LogP) is 4.33. The van der Waals surface area contributed by atoms with Gasteiger partial charge in [0.25, 0.3) is 0 Å². The van der Waals surface area contributed by atoms with Crippen LogP contribution in [-0.4, -0.2) is 37.0 Å². The van der Waals surface area contributed by atoms with Crippen molar-refractivity contribution in [3.8, 4) is 5.75 Å². The highest BCUT2D eigenvalue weighted by Crippen LogP contribution is 2.26. The second-order valence-corrected chi connectivity index (χ2v) is 7.91. The van der Waals surface area contributed by atoms with Crippen LogP contribution in [0.15, 0.2) is 22.7 Å². The minimum atomic E-state index is -0.382. The Morgan fingerprint density at radius 2 is 2.08 bits per heavy atom. The number of esters is 1. The van der Waals surface area contributed by atoms with E-state index in [4.69, 9.17) is 9.47 Å². The normalized spacial score (nSPS) is 10.7. The molecule has 0 spiro atoms. The number of aromatic nitrogens is 1. The number of aryl methyl sites for hydroxylation is 1. The topological polar surface area (TPSA) is 77.5 Å². The Bertz CT molecular complexity index is 804. The summed E-state index contributed by atoms with van der Waals surface area (Å²) in [6.45, 7) is 6.14. The van der Waals surface area contributed by atoms with E-state index in [0.29, 0.717) is 38.1 Å². The fourth-order valence-electron chi connectivity index (χ4n) is 2.07. The van der Waals surface area contributed by atoms with Crippen LogP contribution in [0.2, 0.25) is 0 Å². The smallest absolute Gasteiger partial charge is 0.350 e. The van der Waals surface area contributed by atoms with Gasteiger partial charge in [0.05, 0.1) is 30.4 Å². The number of thiazole rings is 1. The first-order chi connectivity index (χ1) is 12.3. The van der Waals surface area contributed by atoms with Gasteiger partial charge in [-0.15, -0.1) is 0 Å². The third-order valence-electron chi connectivity index (χ3n) is 3.40. The molecule has 0 aliphatic heterocycles. The lowest BCUT2D eigenvalue weighted by molar-refractivity contribution is 0.0463. The van der Waals surface area contributed by atoms with Crippen molar-refractivity contribution in [2.45, 2.75) is 20.8 Å². The SMILES string of the molecule is COc1ccc(C(=O)CNc2nc(C)c(C(=O)OCC(C)C)s2)cc1Br. The lowest BCUT2D eigenvalue weighted by atomic mass is 10.1. The maximum atomic E-state index is 12.3. The van der Waals surface area contributed by atoms with Crippen molar-refractivity contribution < 1.29 is 19.1 Å². The van der Waals surface area contributed by atoms with Crippen LogP contribution < -0.4 is 10.1 Å². The number of ether oxygens (including phenoxy) is 2. The second-order valence-electron chi connectivity index (χ2n) is 6.05. The number of Topliss-reactive ketones (excluding diaryl/α,β-unsaturated/α-hetero) is 1. The molecule has 1 heterocycles. The van der Waals surface area contributed by atoms with Crippen molar-refractivity contribution in [3.63, 3.8) is 0 Å². The van der Waals surface area contributed by atoms with Crippen LogP contribution in [0.25, 0.3) is 0 Å². The van der Waals surface area contributed by atoms with Crippen LogP contribution in [0.5, 0.6) is 5.75 Å². The molecule has 0 saturated carbocycles. The average Bonchev–Trinajstić information content (AvgIpc) is 2.98. The van der Waals surface area contributed by atoms with Crippen LogP contribution in [0.1, 0.15) is 39.6 Å². The van der Waals surface area contributed by atoms with E-state index in [0.717, 1.165) is 0 Å². The Kier molecular flexibility index (Phi) is 7.16. The molecule has 1 N–H and O–H groups in total. The van der Waals surface area contributed by atoms with Crippen LogP contribution in [0.3, 0.4) is 0 Å². The van der Waals surface area contributed by atoms with Gasteiger partial charge in [-0.05, 0) is 47.0 Å². The molecule has 2 rings (SSSR count). The molecule has 0 atom stereocenters. The van der Waals surface area contributed by atoms with E-state index in [1.165, 1.54) is 11.3 Å². The fourth-order valence-corrected chi connectivity index (χ4v) is 3.46. The minimum Gasteiger partial charge on any atom is -0.496 e. The summed E-state index contributed by atoms with van der Waals surface area (Å²) in [6.07, 6.45) is 0. The van der Waals surface area contributed by atoms with Gasteiger partial charge in [-0.25, -0.2) is 9.78 Å². The van der Waals surface area contributed by atoms with Crippen molar-refractivity contribution in [2.75, 3.05) is 25.6 Å². The molecular formula is C18H21BrN2O4S. The highest BCUT2D eigenvalue weighted by molar-refractivity contribution is 9.10. The summed E-state index contributed by atoms with van der Waals surface area (Å²) in [5.41, 5.74) is 1.14. The maximum Gasteiger partial charge on any atom is 0.350 e. The zero-order valence-electron chi connectivity index (χ0n) is 15.1. The zero-order valence-corrected chi connectivity index (χ0v) is 17.5. The van der Waals surface area contributed by atoms with E-state index >= 15 is 0 Å². The molecule has 1 aromatic carbocycles. The molecule has 0 amide bonds. The number of nitrogens with one attached hydrogen (secondary N) is 1. The van der Waals surface area contributed by atoms with Crippen LogP contribution in [0.4, 0.5) is 5.13 Å². The van der Waals surface area contributed by atoms with Crippen molar-refractivity contribution in [3.05, 3.63) is 38.8 Å². The van der Waals surface area contributed by atoms with Crippen molar-refractivity contribution in [2.24, 2.45) is 5.92 Å². The highest BCUT2D eigenvalue weighted by atomic mass is 79.9. The third kappa shape index (κ3) is 5.28. The minimum absolute atomic E-state index is 0.0756. The summed E-state index contributed by atoms with van der Waals surface area (Å²) in [6, 6.07) is 5.15. The van der Waals surface area contributed by atoms with Gasteiger partial charge in [-0.2, -0.15) is 0 Å². The second kappa shape index (κ2) is 9.14. The first-order valence-corrected chi connectivity index (χ1v) is 9.68. The molecular weight excluding hydrogens is 420 g/mol. The molecule has 0 aliphatic carbocycles. The average molecular weight is 441 g/mol. The quantitative estimate of drug-likeness (QED) is 0.486. The van der Waals surface area contributed by atoms with Gasteiger partial charge < -0.3 is 14.8 Å². The van der Waals surface area contributed by atoms with Gasteiger partial charge in [0, 0.05) is 5.56 Å². The summed E-state index contributed by atoms with van der Waals surface area (Å²) in [5.74, 6) is 0.457. The molecule has 26 heavy (non-hydrogen) atoms. The zero-order chi connectivity index (χ0) is 19.3. The van der Waals surface area contributed by atoms with Gasteiger partial charge in [0.15, 0.2) is 10.9 Å². The Morgan fingerprint density at radius 3 is 2.69 bits per heavy atom. The number of carbonyl (C=O) groups excluding carboxylic acids is 2. The fraction of sp³-hybridized carbons (Fsp3) is 0.389. The number of methoxy groups -OCH3 is 1. The molecule has 140 valence electrons. The number of nitrogens with zero attached hydrogens (tertiary/aromatic N) is 1. The van der Waals surface area contributed by atoms with Gasteiger partial charge in [0.2, 0.25) is 0 Å². The summed E-state index contributed by atoms with van der Waals surface area (Å²) < 4.78 is 11.1. The lowest BCUT2D eigenvalue weighted by Crippen LogP contribution is -2.13. The number of ketones is 1. The number of halogens is 1. The van der Waals surface area contributed by atoms with Crippen molar-refractivity contribution >= 4 is 44.2 Å². The first kappa shape index (κ1) is 20.4. The lowest BCUT2D eigenvalue weighted by Gasteiger charge is -2.06. The van der Waals surface area contributed by atoms with E-state index < -0.39 is 0 Å². The summed E-state index contributed by atoms with van der Waals surface area (Å²) in [4.78, 5) is 29.2. The standard InChI is InChI=1S/C18H21BrN2O4S/c1-10(2)9-25-17(23)16-11(3)21-18(26-16)20-8-14(22)12-5-6-15(24-4)13(19)7-12/h5-7,10H,8-9H2,1-4H3,(H,20,21). The van der Waals surface area contributed by atoms with Crippen molar-refractivity contribution in [1.29, 1.82) is 0 Å². The van der Waals surface area contributed by atoms with Crippen LogP contribution >= 0.6 is 27.3 Å². The van der Waals surface area contributed by atoms with Crippen molar-refractivity contribution in [1.82, 2.24) is 4.98 Å². The largest absolute Gasteiger partial charge is 0.496 e. The van der Waals surface area contributed by atoms with E-state index in [9.17, 15) is 9.59 Å². The Balaban J connectivity index is 1.99. The maximum absolute atomic E-state index is 12.3. The first-order valence-electron chi connectivity index (χ1n) is 8.07. The van der Waals surface area contributed by atoms with Gasteiger partial charge in [-0.1, -0.05) is 25.2 Å². The van der Waals surface area contributed by atoms with Gasteiger partial charge in [0.1, 0.15) is 10.6 Å². The van der Waals surface area contributed by atoms with Crippen LogP contribution in [-0.2, 0) is 4.74 Å².